The Morgan fingerprint density at radius 2 is 1.63 bits per heavy atom. The van der Waals surface area contributed by atoms with E-state index in [0.29, 0.717) is 54.7 Å². The van der Waals surface area contributed by atoms with Crippen molar-refractivity contribution in [2.75, 3.05) is 39.5 Å². The summed E-state index contributed by atoms with van der Waals surface area (Å²) in [7, 11) is 0. The molecule has 2 heterocycles. The second-order valence-electron chi connectivity index (χ2n) is 10.3. The molecule has 10 nitrogen and oxygen atoms in total. The highest BCUT2D eigenvalue weighted by molar-refractivity contribution is 6.31. The summed E-state index contributed by atoms with van der Waals surface area (Å²) in [4.78, 5) is 45.0. The predicted molar refractivity (Wildman–Crippen MR) is 164 cm³/mol. The molecule has 0 saturated heterocycles. The Balaban J connectivity index is 1.10. The number of H-pyrrole nitrogens is 1. The Morgan fingerprint density at radius 3 is 2.33 bits per heavy atom. The number of aryl methyl sites for hydroxylation is 1. The molecule has 2 aromatic heterocycles. The minimum atomic E-state index is -0.637. The van der Waals surface area contributed by atoms with Crippen molar-refractivity contribution >= 4 is 40.2 Å². The maximum absolute atomic E-state index is 12.9. The van der Waals surface area contributed by atoms with Gasteiger partial charge in [-0.25, -0.2) is 4.98 Å². The number of nitrogens with two attached hydrogens (primary N) is 1. The first-order chi connectivity index (χ1) is 20.9. The molecular formula is C32H34ClN5O5. The van der Waals surface area contributed by atoms with Gasteiger partial charge in [0.25, 0.3) is 17.7 Å². The van der Waals surface area contributed by atoms with E-state index in [1.54, 1.807) is 18.2 Å². The zero-order chi connectivity index (χ0) is 30.2. The van der Waals surface area contributed by atoms with Crippen LogP contribution in [0.1, 0.15) is 66.8 Å². The number of nitrogens with zero attached hydrogens (tertiary/aromatic N) is 1. The average molecular weight is 604 g/mol. The van der Waals surface area contributed by atoms with Crippen molar-refractivity contribution in [2.24, 2.45) is 5.73 Å². The molecule has 0 bridgehead atoms. The van der Waals surface area contributed by atoms with Gasteiger partial charge in [-0.15, -0.1) is 0 Å². The summed E-state index contributed by atoms with van der Waals surface area (Å²) in [5, 5.41) is 7.36. The van der Waals surface area contributed by atoms with Crippen LogP contribution in [-0.2, 0) is 15.9 Å². The van der Waals surface area contributed by atoms with Crippen molar-refractivity contribution in [1.82, 2.24) is 20.6 Å². The van der Waals surface area contributed by atoms with Gasteiger partial charge < -0.3 is 30.8 Å². The molecule has 1 aliphatic rings. The summed E-state index contributed by atoms with van der Waals surface area (Å²) in [6.07, 6.45) is 3.96. The second kappa shape index (κ2) is 14.3. The maximum Gasteiger partial charge on any atom is 0.267 e. The number of carbonyl (C=O) groups is 3. The van der Waals surface area contributed by atoms with Gasteiger partial charge in [-0.1, -0.05) is 29.8 Å². The van der Waals surface area contributed by atoms with Gasteiger partial charge >= 0.3 is 0 Å². The molecule has 11 heteroatoms. The minimum Gasteiger partial charge on any atom is -0.377 e. The summed E-state index contributed by atoms with van der Waals surface area (Å²) >= 11 is 6.26. The van der Waals surface area contributed by atoms with E-state index in [4.69, 9.17) is 26.8 Å². The van der Waals surface area contributed by atoms with Gasteiger partial charge in [0.05, 0.1) is 32.0 Å². The van der Waals surface area contributed by atoms with Crippen LogP contribution in [0.25, 0.3) is 10.9 Å². The number of rotatable bonds is 13. The number of fused-ring (bicyclic) bond motifs is 3. The van der Waals surface area contributed by atoms with E-state index >= 15 is 0 Å². The highest BCUT2D eigenvalue weighted by atomic mass is 35.5. The lowest BCUT2D eigenvalue weighted by Gasteiger charge is -2.24. The molecule has 0 fully saturated rings. The smallest absolute Gasteiger partial charge is 0.267 e. The number of aromatic amines is 1. The number of nitrogens with one attached hydrogen (secondary N) is 3. The van der Waals surface area contributed by atoms with Crippen molar-refractivity contribution in [3.8, 4) is 0 Å². The van der Waals surface area contributed by atoms with Gasteiger partial charge in [-0.3, -0.25) is 14.4 Å². The zero-order valence-corrected chi connectivity index (χ0v) is 24.4. The molecule has 1 unspecified atom stereocenters. The van der Waals surface area contributed by atoms with Crippen molar-refractivity contribution in [1.29, 1.82) is 0 Å². The van der Waals surface area contributed by atoms with Crippen molar-refractivity contribution in [2.45, 2.75) is 25.2 Å². The molecule has 0 aliphatic heterocycles. The molecule has 0 spiro atoms. The number of pyridine rings is 1. The van der Waals surface area contributed by atoms with E-state index in [1.807, 2.05) is 36.4 Å². The molecule has 1 aliphatic carbocycles. The number of carbonyl (C=O) groups excluding carboxylic acids is 3. The summed E-state index contributed by atoms with van der Waals surface area (Å²) < 4.78 is 11.0. The quantitative estimate of drug-likeness (QED) is 0.170. The van der Waals surface area contributed by atoms with Crippen LogP contribution in [0.2, 0.25) is 5.02 Å². The number of aromatic nitrogens is 2. The van der Waals surface area contributed by atoms with Crippen LogP contribution in [0.3, 0.4) is 0 Å². The first kappa shape index (κ1) is 30.2. The molecular weight excluding hydrogens is 570 g/mol. The third-order valence-electron chi connectivity index (χ3n) is 7.43. The van der Waals surface area contributed by atoms with Crippen LogP contribution < -0.4 is 16.4 Å². The van der Waals surface area contributed by atoms with Gasteiger partial charge in [0, 0.05) is 52.4 Å². The van der Waals surface area contributed by atoms with Crippen molar-refractivity contribution in [3.05, 3.63) is 99.5 Å². The number of ether oxygens (including phenoxy) is 2. The monoisotopic (exact) mass is 603 g/mol. The lowest BCUT2D eigenvalue weighted by atomic mass is 9.81. The SMILES string of the molecule is NC(=O)c1ncc(C(=O)NCCOCCOCCNC(=O)c2ccccc2)cc1C1CCCc2c1[nH]c1ccc(Cl)cc21. The molecule has 3 amide bonds. The van der Waals surface area contributed by atoms with Crippen LogP contribution in [-0.4, -0.2) is 67.2 Å². The summed E-state index contributed by atoms with van der Waals surface area (Å²) in [6, 6.07) is 16.4. The summed E-state index contributed by atoms with van der Waals surface area (Å²) in [5.74, 6) is -1.26. The number of amides is 3. The van der Waals surface area contributed by atoms with Crippen molar-refractivity contribution < 1.29 is 23.9 Å². The normalized spacial score (nSPS) is 14.3. The first-order valence-corrected chi connectivity index (χ1v) is 14.7. The van der Waals surface area contributed by atoms with E-state index in [2.05, 4.69) is 20.6 Å². The fraction of sp³-hybridized carbons (Fsp3) is 0.312. The first-order valence-electron chi connectivity index (χ1n) is 14.3. The number of hydrogen-bond acceptors (Lipinski definition) is 6. The second-order valence-corrected chi connectivity index (χ2v) is 10.7. The van der Waals surface area contributed by atoms with Crippen LogP contribution in [0.15, 0.2) is 60.8 Å². The van der Waals surface area contributed by atoms with Crippen LogP contribution in [0.5, 0.6) is 0 Å². The van der Waals surface area contributed by atoms with Gasteiger partial charge in [0.2, 0.25) is 0 Å². The lowest BCUT2D eigenvalue weighted by molar-refractivity contribution is 0.0486. The van der Waals surface area contributed by atoms with Crippen LogP contribution >= 0.6 is 11.6 Å². The summed E-state index contributed by atoms with van der Waals surface area (Å²) in [6.45, 7) is 2.05. The van der Waals surface area contributed by atoms with E-state index in [-0.39, 0.29) is 30.0 Å². The van der Waals surface area contributed by atoms with Gasteiger partial charge in [-0.2, -0.15) is 0 Å². The van der Waals surface area contributed by atoms with E-state index < -0.39 is 5.91 Å². The molecule has 0 radical (unpaired) electrons. The molecule has 224 valence electrons. The highest BCUT2D eigenvalue weighted by Crippen LogP contribution is 2.41. The minimum absolute atomic E-state index is 0.144. The van der Waals surface area contributed by atoms with Crippen molar-refractivity contribution in [3.63, 3.8) is 0 Å². The number of primary amides is 1. The molecule has 5 rings (SSSR count). The average Bonchev–Trinajstić information content (AvgIpc) is 3.39. The molecule has 4 aromatic rings. The van der Waals surface area contributed by atoms with Gasteiger partial charge in [-0.05, 0) is 66.8 Å². The molecule has 5 N–H and O–H groups in total. The maximum atomic E-state index is 12.9. The van der Waals surface area contributed by atoms with E-state index in [0.717, 1.165) is 41.4 Å². The Kier molecular flexibility index (Phi) is 10.0. The molecule has 1 atom stereocenters. The Labute approximate surface area is 254 Å². The fourth-order valence-electron chi connectivity index (χ4n) is 5.41. The largest absolute Gasteiger partial charge is 0.377 e. The number of halogens is 1. The van der Waals surface area contributed by atoms with Gasteiger partial charge in [0.15, 0.2) is 0 Å². The third kappa shape index (κ3) is 7.40. The van der Waals surface area contributed by atoms with Crippen LogP contribution in [0.4, 0.5) is 0 Å². The number of hydrogen-bond donors (Lipinski definition) is 4. The molecule has 2 aromatic carbocycles. The Bertz CT molecular complexity index is 1610. The molecule has 0 saturated carbocycles. The molecule has 43 heavy (non-hydrogen) atoms. The lowest BCUT2D eigenvalue weighted by Crippen LogP contribution is -2.29. The van der Waals surface area contributed by atoms with E-state index in [9.17, 15) is 14.4 Å². The fourth-order valence-corrected chi connectivity index (χ4v) is 5.58. The predicted octanol–water partition coefficient (Wildman–Crippen LogP) is 3.98. The third-order valence-corrected chi connectivity index (χ3v) is 7.66. The van der Waals surface area contributed by atoms with E-state index in [1.165, 1.54) is 6.20 Å². The zero-order valence-electron chi connectivity index (χ0n) is 23.7. The Hall–Kier alpha value is -4.25. The number of benzene rings is 2. The van der Waals surface area contributed by atoms with Gasteiger partial charge in [0.1, 0.15) is 5.69 Å². The highest BCUT2D eigenvalue weighted by Gasteiger charge is 2.30. The van der Waals surface area contributed by atoms with Crippen LogP contribution in [0, 0.1) is 0 Å². The Morgan fingerprint density at radius 1 is 0.930 bits per heavy atom. The standard InChI is InChI=1S/C32H34ClN5O5/c33-22-9-10-27-25(18-22)23-7-4-8-24(28(23)38-27)26-17-21(19-37-29(26)30(34)39)32(41)36-12-14-43-16-15-42-13-11-35-31(40)20-5-2-1-3-6-20/h1-3,5-6,9-10,17-19,24,38H,4,7-8,11-16H2,(H2,34,39)(H,35,40)(H,36,41). The summed E-state index contributed by atoms with van der Waals surface area (Å²) in [5.41, 5.74) is 10.6. The topological polar surface area (TPSA) is 148 Å².